The van der Waals surface area contributed by atoms with Crippen LogP contribution >= 0.6 is 0 Å². The van der Waals surface area contributed by atoms with Gasteiger partial charge in [-0.3, -0.25) is 0 Å². The van der Waals surface area contributed by atoms with E-state index >= 15 is 0 Å². The van der Waals surface area contributed by atoms with Crippen LogP contribution < -0.4 is 20.9 Å². The van der Waals surface area contributed by atoms with Gasteiger partial charge in [0.05, 0.1) is 24.4 Å². The minimum absolute atomic E-state index is 0.0121. The van der Waals surface area contributed by atoms with E-state index in [1.54, 1.807) is 30.3 Å². The fraction of sp³-hybridized carbons (Fsp3) is 0.176. The number of para-hydroxylation sites is 1. The standard InChI is InChI=1S/C17H12N6O2/c1-24-11-4-2-3-9-12-10(7-20)14(8(5-18)6-19)23-16(21)13(12)17(22)25-15(9)11/h2-4,10,12H,22H2,1H3,(H2,21,23). The fourth-order valence-corrected chi connectivity index (χ4v) is 3.06. The second-order valence-electron chi connectivity index (χ2n) is 5.32. The SMILES string of the molecule is COc1cccc2c1OC(N)=C1C(N)=NC(=C(C#N)C#N)C(C#N)C12. The third-order valence-electron chi connectivity index (χ3n) is 4.12. The van der Waals surface area contributed by atoms with Crippen molar-refractivity contribution in [3.05, 3.63) is 46.5 Å². The highest BCUT2D eigenvalue weighted by Gasteiger charge is 2.43. The number of aliphatic imine (C=N–C) groups is 1. The molecule has 2 unspecified atom stereocenters. The Morgan fingerprint density at radius 3 is 2.56 bits per heavy atom. The van der Waals surface area contributed by atoms with Gasteiger partial charge in [0.1, 0.15) is 23.9 Å². The zero-order chi connectivity index (χ0) is 18.1. The van der Waals surface area contributed by atoms with Gasteiger partial charge in [-0.1, -0.05) is 12.1 Å². The second kappa shape index (κ2) is 5.92. The smallest absolute Gasteiger partial charge is 0.198 e. The summed E-state index contributed by atoms with van der Waals surface area (Å²) in [6.07, 6.45) is 0. The first-order valence-corrected chi connectivity index (χ1v) is 7.20. The van der Waals surface area contributed by atoms with Gasteiger partial charge in [0.15, 0.2) is 23.0 Å². The van der Waals surface area contributed by atoms with Crippen LogP contribution in [0.3, 0.4) is 0 Å². The number of amidine groups is 1. The van der Waals surface area contributed by atoms with Crippen LogP contribution in [0.2, 0.25) is 0 Å². The number of hydrogen-bond donors (Lipinski definition) is 2. The van der Waals surface area contributed by atoms with E-state index in [9.17, 15) is 15.8 Å². The van der Waals surface area contributed by atoms with Crippen molar-refractivity contribution < 1.29 is 9.47 Å². The van der Waals surface area contributed by atoms with E-state index in [1.807, 2.05) is 0 Å². The van der Waals surface area contributed by atoms with E-state index in [4.69, 9.17) is 20.9 Å². The summed E-state index contributed by atoms with van der Waals surface area (Å²) >= 11 is 0. The highest BCUT2D eigenvalue weighted by Crippen LogP contribution is 2.50. The van der Waals surface area contributed by atoms with Crippen molar-refractivity contribution in [1.29, 1.82) is 15.8 Å². The van der Waals surface area contributed by atoms with Gasteiger partial charge in [0, 0.05) is 11.5 Å². The molecule has 0 saturated heterocycles. The Morgan fingerprint density at radius 2 is 1.96 bits per heavy atom. The summed E-state index contributed by atoms with van der Waals surface area (Å²) in [5.74, 6) is -0.680. The van der Waals surface area contributed by atoms with E-state index in [2.05, 4.69) is 11.1 Å². The zero-order valence-corrected chi connectivity index (χ0v) is 13.1. The van der Waals surface area contributed by atoms with Crippen LogP contribution in [0.1, 0.15) is 11.5 Å². The largest absolute Gasteiger partial charge is 0.493 e. The molecule has 8 heteroatoms. The molecule has 0 aliphatic carbocycles. The van der Waals surface area contributed by atoms with Crippen LogP contribution in [0, 0.1) is 39.9 Å². The van der Waals surface area contributed by atoms with Crippen molar-refractivity contribution in [3.8, 4) is 29.7 Å². The first kappa shape index (κ1) is 15.9. The van der Waals surface area contributed by atoms with E-state index in [1.165, 1.54) is 7.11 Å². The lowest BCUT2D eigenvalue weighted by Crippen LogP contribution is -2.36. The molecule has 0 saturated carbocycles. The molecule has 0 aromatic heterocycles. The molecule has 0 spiro atoms. The second-order valence-corrected chi connectivity index (χ2v) is 5.32. The minimum Gasteiger partial charge on any atom is -0.493 e. The monoisotopic (exact) mass is 332 g/mol. The van der Waals surface area contributed by atoms with Gasteiger partial charge < -0.3 is 20.9 Å². The molecule has 25 heavy (non-hydrogen) atoms. The number of rotatable bonds is 1. The predicted octanol–water partition coefficient (Wildman–Crippen LogP) is 1.15. The summed E-state index contributed by atoms with van der Waals surface area (Å²) in [6.45, 7) is 0. The van der Waals surface area contributed by atoms with E-state index in [-0.39, 0.29) is 23.0 Å². The van der Waals surface area contributed by atoms with Crippen molar-refractivity contribution in [2.24, 2.45) is 22.4 Å². The summed E-state index contributed by atoms with van der Waals surface area (Å²) in [7, 11) is 1.49. The summed E-state index contributed by atoms with van der Waals surface area (Å²) < 4.78 is 10.9. The maximum atomic E-state index is 9.72. The normalized spacial score (nSPS) is 20.7. The summed E-state index contributed by atoms with van der Waals surface area (Å²) in [5, 5.41) is 28.1. The number of hydrogen-bond acceptors (Lipinski definition) is 8. The van der Waals surface area contributed by atoms with Gasteiger partial charge >= 0.3 is 0 Å². The number of benzene rings is 1. The molecule has 2 aliphatic rings. The lowest BCUT2D eigenvalue weighted by molar-refractivity contribution is 0.337. The van der Waals surface area contributed by atoms with Crippen LogP contribution in [0.25, 0.3) is 0 Å². The van der Waals surface area contributed by atoms with Crippen LogP contribution in [-0.4, -0.2) is 12.9 Å². The van der Waals surface area contributed by atoms with Gasteiger partial charge in [0.25, 0.3) is 0 Å². The molecule has 2 heterocycles. The number of nitrogens with zero attached hydrogens (tertiary/aromatic N) is 4. The Kier molecular flexibility index (Phi) is 3.77. The van der Waals surface area contributed by atoms with Gasteiger partial charge in [-0.25, -0.2) is 4.99 Å². The van der Waals surface area contributed by atoms with Gasteiger partial charge in [0.2, 0.25) is 0 Å². The number of fused-ring (bicyclic) bond motifs is 3. The van der Waals surface area contributed by atoms with Crippen LogP contribution in [0.4, 0.5) is 0 Å². The Bertz CT molecular complexity index is 968. The number of allylic oxidation sites excluding steroid dienone is 2. The topological polar surface area (TPSA) is 154 Å². The van der Waals surface area contributed by atoms with E-state index < -0.39 is 11.8 Å². The van der Waals surface area contributed by atoms with Crippen molar-refractivity contribution in [1.82, 2.24) is 0 Å². The van der Waals surface area contributed by atoms with Gasteiger partial charge in [-0.15, -0.1) is 0 Å². The Hall–Kier alpha value is -3.96. The lowest BCUT2D eigenvalue weighted by atomic mass is 9.75. The summed E-state index contributed by atoms with van der Waals surface area (Å²) in [5.41, 5.74) is 12.8. The molecule has 0 fully saturated rings. The highest BCUT2D eigenvalue weighted by atomic mass is 16.5. The van der Waals surface area contributed by atoms with Gasteiger partial charge in [-0.05, 0) is 6.07 Å². The average Bonchev–Trinajstić information content (AvgIpc) is 2.62. The molecule has 0 bridgehead atoms. The van der Waals surface area contributed by atoms with Crippen LogP contribution in [0.15, 0.2) is 45.9 Å². The molecule has 3 rings (SSSR count). The van der Waals surface area contributed by atoms with Crippen LogP contribution in [-0.2, 0) is 0 Å². The molecule has 1 aromatic carbocycles. The molecule has 122 valence electrons. The Labute approximate surface area is 143 Å². The van der Waals surface area contributed by atoms with Crippen molar-refractivity contribution in [3.63, 3.8) is 0 Å². The predicted molar refractivity (Wildman–Crippen MR) is 86.6 cm³/mol. The van der Waals surface area contributed by atoms with Crippen molar-refractivity contribution in [2.45, 2.75) is 5.92 Å². The number of nitriles is 3. The molecule has 8 nitrogen and oxygen atoms in total. The average molecular weight is 332 g/mol. The maximum absolute atomic E-state index is 9.72. The molecule has 2 aliphatic heterocycles. The first-order valence-electron chi connectivity index (χ1n) is 7.20. The third kappa shape index (κ3) is 2.23. The number of nitrogens with two attached hydrogens (primary N) is 2. The summed E-state index contributed by atoms with van der Waals surface area (Å²) in [4.78, 5) is 4.08. The third-order valence-corrected chi connectivity index (χ3v) is 4.12. The zero-order valence-electron chi connectivity index (χ0n) is 13.1. The Balaban J connectivity index is 2.35. The minimum atomic E-state index is -0.912. The molecule has 0 radical (unpaired) electrons. The number of ether oxygens (including phenoxy) is 2. The molecular formula is C17H12N6O2. The fourth-order valence-electron chi connectivity index (χ4n) is 3.06. The van der Waals surface area contributed by atoms with E-state index in [0.29, 0.717) is 22.6 Å². The highest BCUT2D eigenvalue weighted by molar-refractivity contribution is 6.01. The van der Waals surface area contributed by atoms with Crippen molar-refractivity contribution >= 4 is 5.84 Å². The molecular weight excluding hydrogens is 320 g/mol. The Morgan fingerprint density at radius 1 is 1.24 bits per heavy atom. The van der Waals surface area contributed by atoms with E-state index in [0.717, 1.165) is 0 Å². The summed E-state index contributed by atoms with van der Waals surface area (Å²) in [6, 6.07) is 10.8. The van der Waals surface area contributed by atoms with Gasteiger partial charge in [-0.2, -0.15) is 15.8 Å². The maximum Gasteiger partial charge on any atom is 0.198 e. The molecule has 2 atom stereocenters. The lowest BCUT2D eigenvalue weighted by Gasteiger charge is -2.35. The quantitative estimate of drug-likeness (QED) is 0.731. The van der Waals surface area contributed by atoms with Crippen LogP contribution in [0.5, 0.6) is 11.5 Å². The molecule has 4 N–H and O–H groups in total. The number of methoxy groups -OCH3 is 1. The molecule has 0 amide bonds. The molecule has 1 aromatic rings. The van der Waals surface area contributed by atoms with Crippen molar-refractivity contribution in [2.75, 3.05) is 7.11 Å². The first-order chi connectivity index (χ1) is 12.1.